The summed E-state index contributed by atoms with van der Waals surface area (Å²) < 4.78 is 0. The average Bonchev–Trinajstić information content (AvgIpc) is 2.86. The van der Waals surface area contributed by atoms with E-state index in [0.29, 0.717) is 6.42 Å². The number of nitrogens with one attached hydrogen (secondary N) is 1. The number of aryl methyl sites for hydroxylation is 1. The van der Waals surface area contributed by atoms with Gasteiger partial charge in [-0.3, -0.25) is 9.59 Å². The second-order valence-corrected chi connectivity index (χ2v) is 4.66. The van der Waals surface area contributed by atoms with E-state index in [9.17, 15) is 9.59 Å². The van der Waals surface area contributed by atoms with Crippen LogP contribution in [-0.4, -0.2) is 44.9 Å². The number of carbonyl (C=O) groups excluding carboxylic acids is 1. The van der Waals surface area contributed by atoms with E-state index in [1.165, 1.54) is 11.0 Å². The fourth-order valence-electron chi connectivity index (χ4n) is 2.08. The van der Waals surface area contributed by atoms with Crippen molar-refractivity contribution in [1.29, 1.82) is 0 Å². The Bertz CT molecular complexity index is 630. The van der Waals surface area contributed by atoms with Gasteiger partial charge in [0.2, 0.25) is 5.91 Å². The SMILES string of the molecule is C=CCN(CC(=O)O)C(=O)CCc1nc2ccccc2[nH]1. The number of aliphatic carboxylic acids is 1. The van der Waals surface area contributed by atoms with Crippen molar-refractivity contribution >= 4 is 22.9 Å². The summed E-state index contributed by atoms with van der Waals surface area (Å²) in [7, 11) is 0. The van der Waals surface area contributed by atoms with Crippen molar-refractivity contribution in [2.45, 2.75) is 12.8 Å². The van der Waals surface area contributed by atoms with Gasteiger partial charge in [-0.15, -0.1) is 6.58 Å². The molecule has 110 valence electrons. The molecule has 2 aromatic rings. The normalized spacial score (nSPS) is 10.5. The molecular weight excluding hydrogens is 270 g/mol. The average molecular weight is 287 g/mol. The molecule has 0 aliphatic carbocycles. The number of aromatic amines is 1. The van der Waals surface area contributed by atoms with Crippen LogP contribution >= 0.6 is 0 Å². The number of hydrogen-bond donors (Lipinski definition) is 2. The summed E-state index contributed by atoms with van der Waals surface area (Å²) in [6.45, 7) is 3.44. The fourth-order valence-corrected chi connectivity index (χ4v) is 2.08. The monoisotopic (exact) mass is 287 g/mol. The topological polar surface area (TPSA) is 86.3 Å². The molecule has 0 fully saturated rings. The van der Waals surface area contributed by atoms with Gasteiger partial charge in [-0.25, -0.2) is 4.98 Å². The van der Waals surface area contributed by atoms with Gasteiger partial charge in [0.05, 0.1) is 11.0 Å². The van der Waals surface area contributed by atoms with Crippen molar-refractivity contribution in [3.63, 3.8) is 0 Å². The molecule has 0 aliphatic rings. The van der Waals surface area contributed by atoms with Gasteiger partial charge in [0.25, 0.3) is 0 Å². The van der Waals surface area contributed by atoms with E-state index in [4.69, 9.17) is 5.11 Å². The number of carboxylic acids is 1. The zero-order valence-electron chi connectivity index (χ0n) is 11.6. The van der Waals surface area contributed by atoms with Crippen molar-refractivity contribution < 1.29 is 14.7 Å². The Balaban J connectivity index is 1.98. The molecule has 2 N–H and O–H groups in total. The standard InChI is InChI=1S/C15H17N3O3/c1-2-9-18(10-15(20)21)14(19)8-7-13-16-11-5-3-4-6-12(11)17-13/h2-6H,1,7-10H2,(H,16,17)(H,20,21). The maximum Gasteiger partial charge on any atom is 0.323 e. The van der Waals surface area contributed by atoms with E-state index < -0.39 is 5.97 Å². The Labute approximate surface area is 122 Å². The van der Waals surface area contributed by atoms with Crippen molar-refractivity contribution in [2.24, 2.45) is 0 Å². The summed E-state index contributed by atoms with van der Waals surface area (Å²) in [4.78, 5) is 31.6. The Morgan fingerprint density at radius 2 is 2.14 bits per heavy atom. The molecule has 0 bridgehead atoms. The van der Waals surface area contributed by atoms with Crippen LogP contribution in [0.5, 0.6) is 0 Å². The molecule has 0 atom stereocenters. The number of nitrogens with zero attached hydrogens (tertiary/aromatic N) is 2. The molecule has 0 aliphatic heterocycles. The van der Waals surface area contributed by atoms with E-state index in [-0.39, 0.29) is 25.4 Å². The lowest BCUT2D eigenvalue weighted by molar-refractivity contribution is -0.144. The Morgan fingerprint density at radius 3 is 2.81 bits per heavy atom. The zero-order chi connectivity index (χ0) is 15.2. The summed E-state index contributed by atoms with van der Waals surface area (Å²) >= 11 is 0. The third kappa shape index (κ3) is 3.92. The second-order valence-electron chi connectivity index (χ2n) is 4.66. The predicted octanol–water partition coefficient (Wildman–Crippen LogP) is 1.59. The van der Waals surface area contributed by atoms with Crippen LogP contribution in [0.3, 0.4) is 0 Å². The van der Waals surface area contributed by atoms with Crippen molar-refractivity contribution in [3.05, 3.63) is 42.7 Å². The first-order chi connectivity index (χ1) is 10.1. The fraction of sp³-hybridized carbons (Fsp3) is 0.267. The van der Waals surface area contributed by atoms with Gasteiger partial charge >= 0.3 is 5.97 Å². The number of rotatable bonds is 7. The predicted molar refractivity (Wildman–Crippen MR) is 78.8 cm³/mol. The van der Waals surface area contributed by atoms with Gasteiger partial charge in [0.15, 0.2) is 0 Å². The van der Waals surface area contributed by atoms with Crippen LogP contribution in [0.25, 0.3) is 11.0 Å². The number of benzene rings is 1. The van der Waals surface area contributed by atoms with Gasteiger partial charge < -0.3 is 15.0 Å². The first-order valence-corrected chi connectivity index (χ1v) is 6.64. The highest BCUT2D eigenvalue weighted by Crippen LogP contribution is 2.11. The Kier molecular flexibility index (Phi) is 4.71. The highest BCUT2D eigenvalue weighted by Gasteiger charge is 2.15. The van der Waals surface area contributed by atoms with Gasteiger partial charge in [0.1, 0.15) is 12.4 Å². The van der Waals surface area contributed by atoms with Crippen LogP contribution in [0.2, 0.25) is 0 Å². The molecule has 6 heteroatoms. The number of hydrogen-bond acceptors (Lipinski definition) is 3. The minimum atomic E-state index is -1.03. The molecule has 0 saturated carbocycles. The smallest absolute Gasteiger partial charge is 0.323 e. The molecule has 1 heterocycles. The molecule has 1 amide bonds. The van der Waals surface area contributed by atoms with Gasteiger partial charge in [-0.2, -0.15) is 0 Å². The van der Waals surface area contributed by atoms with E-state index in [2.05, 4.69) is 16.5 Å². The van der Waals surface area contributed by atoms with E-state index in [1.807, 2.05) is 24.3 Å². The maximum absolute atomic E-state index is 12.0. The van der Waals surface area contributed by atoms with Crippen molar-refractivity contribution in [1.82, 2.24) is 14.9 Å². The van der Waals surface area contributed by atoms with Crippen molar-refractivity contribution in [3.8, 4) is 0 Å². The lowest BCUT2D eigenvalue weighted by atomic mass is 10.2. The minimum absolute atomic E-state index is 0.209. The largest absolute Gasteiger partial charge is 0.480 e. The van der Waals surface area contributed by atoms with E-state index in [1.54, 1.807) is 0 Å². The number of amides is 1. The number of H-pyrrole nitrogens is 1. The van der Waals surface area contributed by atoms with E-state index in [0.717, 1.165) is 16.9 Å². The summed E-state index contributed by atoms with van der Waals surface area (Å²) in [6, 6.07) is 7.62. The summed E-state index contributed by atoms with van der Waals surface area (Å²) in [5.41, 5.74) is 1.78. The number of imidazole rings is 1. The molecule has 0 unspecified atom stereocenters. The lowest BCUT2D eigenvalue weighted by Gasteiger charge is -2.18. The van der Waals surface area contributed by atoms with Crippen LogP contribution in [-0.2, 0) is 16.0 Å². The Morgan fingerprint density at radius 1 is 1.38 bits per heavy atom. The van der Waals surface area contributed by atoms with Gasteiger partial charge in [0, 0.05) is 19.4 Å². The Hall–Kier alpha value is -2.63. The summed E-state index contributed by atoms with van der Waals surface area (Å²) in [6.07, 6.45) is 2.17. The van der Waals surface area contributed by atoms with Crippen LogP contribution in [0.1, 0.15) is 12.2 Å². The van der Waals surface area contributed by atoms with Crippen LogP contribution in [0.4, 0.5) is 0 Å². The highest BCUT2D eigenvalue weighted by atomic mass is 16.4. The quantitative estimate of drug-likeness (QED) is 0.757. The highest BCUT2D eigenvalue weighted by molar-refractivity contribution is 5.81. The van der Waals surface area contributed by atoms with Crippen LogP contribution in [0.15, 0.2) is 36.9 Å². The number of carboxylic acid groups (broad SMARTS) is 1. The molecule has 0 radical (unpaired) electrons. The summed E-state index contributed by atoms with van der Waals surface area (Å²) in [5, 5.41) is 8.79. The lowest BCUT2D eigenvalue weighted by Crippen LogP contribution is -2.35. The first kappa shape index (κ1) is 14.8. The minimum Gasteiger partial charge on any atom is -0.480 e. The molecule has 1 aromatic heterocycles. The third-order valence-corrected chi connectivity index (χ3v) is 3.04. The molecule has 0 saturated heterocycles. The zero-order valence-corrected chi connectivity index (χ0v) is 11.6. The number of aromatic nitrogens is 2. The van der Waals surface area contributed by atoms with Crippen LogP contribution in [0, 0.1) is 0 Å². The molecule has 1 aromatic carbocycles. The van der Waals surface area contributed by atoms with Crippen molar-refractivity contribution in [2.75, 3.05) is 13.1 Å². The number of carbonyl (C=O) groups is 2. The molecule has 2 rings (SSSR count). The third-order valence-electron chi connectivity index (χ3n) is 3.04. The molecule has 0 spiro atoms. The first-order valence-electron chi connectivity index (χ1n) is 6.64. The second kappa shape index (κ2) is 6.69. The van der Waals surface area contributed by atoms with E-state index >= 15 is 0 Å². The van der Waals surface area contributed by atoms with Gasteiger partial charge in [-0.05, 0) is 12.1 Å². The molecule has 6 nitrogen and oxygen atoms in total. The summed E-state index contributed by atoms with van der Waals surface area (Å²) in [5.74, 6) is -0.537. The number of para-hydroxylation sites is 2. The number of fused-ring (bicyclic) bond motifs is 1. The maximum atomic E-state index is 12.0. The van der Waals surface area contributed by atoms with Crippen LogP contribution < -0.4 is 0 Å². The molecular formula is C15H17N3O3. The van der Waals surface area contributed by atoms with Gasteiger partial charge in [-0.1, -0.05) is 18.2 Å². The molecule has 21 heavy (non-hydrogen) atoms.